The second-order valence-electron chi connectivity index (χ2n) is 7.15. The number of anilines is 1. The first-order valence-corrected chi connectivity index (χ1v) is 8.67. The van der Waals surface area contributed by atoms with E-state index in [1.54, 1.807) is 31.4 Å². The van der Waals surface area contributed by atoms with Gasteiger partial charge in [0.1, 0.15) is 0 Å². The summed E-state index contributed by atoms with van der Waals surface area (Å²) >= 11 is 4.98. The third-order valence-electron chi connectivity index (χ3n) is 3.54. The standard InChI is InChI=1S/C19H28N2O4S.Au/c1-18(2,13-25-19(3,4)24-5)12-17(23)20-11-10-16(22)21-14-6-8-15(26)9-7-14;/h6-11,26H,12-13H2,1-5H3,(H,20,23)(H,21,22);/q;+1/p-1/b11-10+;. The number of rotatable bonds is 9. The van der Waals surface area contributed by atoms with Gasteiger partial charge in [0.05, 0.1) is 6.61 Å². The number of carbonyl (C=O) groups is 2. The number of nitrogens with one attached hydrogen (secondary N) is 2. The number of carbonyl (C=O) groups excluding carboxylic acids is 2. The molecule has 27 heavy (non-hydrogen) atoms. The SMILES string of the molecule is COC(C)(C)OCC(C)(C)CC(=O)N/C=C/C(=O)Nc1ccc([S-])cc1.[Au+]. The average molecular weight is 576 g/mol. The summed E-state index contributed by atoms with van der Waals surface area (Å²) in [6.07, 6.45) is 2.84. The summed E-state index contributed by atoms with van der Waals surface area (Å²) in [6, 6.07) is 6.89. The minimum absolute atomic E-state index is 0. The van der Waals surface area contributed by atoms with Crippen molar-refractivity contribution in [2.45, 2.75) is 44.8 Å². The number of benzene rings is 1. The van der Waals surface area contributed by atoms with E-state index in [0.717, 1.165) is 0 Å². The molecule has 0 bridgehead atoms. The minimum Gasteiger partial charge on any atom is -0.780 e. The summed E-state index contributed by atoms with van der Waals surface area (Å²) in [7, 11) is 1.57. The van der Waals surface area contributed by atoms with Gasteiger partial charge in [-0.15, -0.1) is 0 Å². The van der Waals surface area contributed by atoms with Crippen LogP contribution in [0.3, 0.4) is 0 Å². The monoisotopic (exact) mass is 576 g/mol. The predicted molar refractivity (Wildman–Crippen MR) is 103 cm³/mol. The van der Waals surface area contributed by atoms with Crippen LogP contribution in [0.5, 0.6) is 0 Å². The Morgan fingerprint density at radius 2 is 1.74 bits per heavy atom. The molecule has 1 rings (SSSR count). The summed E-state index contributed by atoms with van der Waals surface area (Å²) in [5.41, 5.74) is 0.265. The van der Waals surface area contributed by atoms with Crippen molar-refractivity contribution in [3.05, 3.63) is 36.5 Å². The van der Waals surface area contributed by atoms with Gasteiger partial charge < -0.3 is 32.7 Å². The summed E-state index contributed by atoms with van der Waals surface area (Å²) in [5, 5.41) is 5.27. The number of hydrogen-bond donors (Lipinski definition) is 2. The van der Waals surface area contributed by atoms with Crippen LogP contribution >= 0.6 is 0 Å². The zero-order valence-electron chi connectivity index (χ0n) is 16.2. The van der Waals surface area contributed by atoms with Crippen LogP contribution in [0.15, 0.2) is 41.4 Å². The molecule has 0 aliphatic heterocycles. The van der Waals surface area contributed by atoms with Crippen molar-refractivity contribution in [3.63, 3.8) is 0 Å². The number of ether oxygens (including phenoxy) is 2. The third kappa shape index (κ3) is 11.3. The Hall–Kier alpha value is -1.22. The van der Waals surface area contributed by atoms with Gasteiger partial charge in [-0.1, -0.05) is 26.0 Å². The molecule has 2 N–H and O–H groups in total. The molecule has 2 amide bonds. The van der Waals surface area contributed by atoms with Crippen molar-refractivity contribution in [2.24, 2.45) is 5.41 Å². The molecule has 0 unspecified atom stereocenters. The molecule has 0 aliphatic carbocycles. The van der Waals surface area contributed by atoms with Crippen LogP contribution in [0.25, 0.3) is 0 Å². The number of hydrogen-bond acceptors (Lipinski definition) is 5. The Kier molecular flexibility index (Phi) is 11.1. The van der Waals surface area contributed by atoms with E-state index >= 15 is 0 Å². The van der Waals surface area contributed by atoms with Gasteiger partial charge in [-0.2, -0.15) is 4.90 Å². The number of amides is 2. The molecule has 8 heteroatoms. The first-order valence-electron chi connectivity index (χ1n) is 8.26. The van der Waals surface area contributed by atoms with E-state index in [0.29, 0.717) is 17.2 Å². The second kappa shape index (κ2) is 11.6. The van der Waals surface area contributed by atoms with Gasteiger partial charge in [0.2, 0.25) is 11.8 Å². The van der Waals surface area contributed by atoms with E-state index < -0.39 is 5.79 Å². The molecular formula is C19H27AuN2O4S. The fraction of sp³-hybridized carbons (Fsp3) is 0.474. The van der Waals surface area contributed by atoms with E-state index in [9.17, 15) is 9.59 Å². The molecule has 1 aromatic rings. The maximum atomic E-state index is 12.0. The maximum absolute atomic E-state index is 12.0. The molecule has 0 heterocycles. The van der Waals surface area contributed by atoms with Crippen LogP contribution in [-0.4, -0.2) is 31.3 Å². The van der Waals surface area contributed by atoms with E-state index in [1.165, 1.54) is 12.3 Å². The van der Waals surface area contributed by atoms with E-state index in [2.05, 4.69) is 10.6 Å². The first-order chi connectivity index (χ1) is 12.0. The second-order valence-corrected chi connectivity index (χ2v) is 7.62. The average Bonchev–Trinajstić information content (AvgIpc) is 2.55. The van der Waals surface area contributed by atoms with Gasteiger partial charge in [0, 0.05) is 31.5 Å². The molecule has 0 aliphatic rings. The molecule has 0 spiro atoms. The third-order valence-corrected chi connectivity index (χ3v) is 3.81. The van der Waals surface area contributed by atoms with E-state index in [4.69, 9.17) is 22.1 Å². The fourth-order valence-electron chi connectivity index (χ4n) is 1.90. The normalized spacial score (nSPS) is 11.7. The number of methoxy groups -OCH3 is 1. The van der Waals surface area contributed by atoms with Crippen molar-refractivity contribution in [2.75, 3.05) is 19.0 Å². The molecule has 0 saturated carbocycles. The Balaban J connectivity index is 0.00000676. The van der Waals surface area contributed by atoms with Crippen molar-refractivity contribution < 1.29 is 41.4 Å². The fourth-order valence-corrected chi connectivity index (χ4v) is 2.03. The molecule has 1 aromatic carbocycles. The van der Waals surface area contributed by atoms with Gasteiger partial charge in [0.25, 0.3) is 0 Å². The zero-order chi connectivity index (χ0) is 19.8. The summed E-state index contributed by atoms with van der Waals surface area (Å²) < 4.78 is 10.9. The van der Waals surface area contributed by atoms with Crippen LogP contribution in [0, 0.1) is 5.41 Å². The molecule has 0 atom stereocenters. The largest absolute Gasteiger partial charge is 1.00 e. The summed E-state index contributed by atoms with van der Waals surface area (Å²) in [4.78, 5) is 24.5. The molecule has 154 valence electrons. The topological polar surface area (TPSA) is 76.7 Å². The van der Waals surface area contributed by atoms with Gasteiger partial charge in [0.15, 0.2) is 5.79 Å². The smallest absolute Gasteiger partial charge is 0.780 e. The van der Waals surface area contributed by atoms with Crippen LogP contribution in [0.4, 0.5) is 5.69 Å². The van der Waals surface area contributed by atoms with E-state index in [1.807, 2.05) is 27.7 Å². The maximum Gasteiger partial charge on any atom is 1.00 e. The predicted octanol–water partition coefficient (Wildman–Crippen LogP) is 2.97. The van der Waals surface area contributed by atoms with Crippen molar-refractivity contribution in [1.29, 1.82) is 0 Å². The summed E-state index contributed by atoms with van der Waals surface area (Å²) in [5.74, 6) is -1.24. The van der Waals surface area contributed by atoms with Crippen molar-refractivity contribution in [1.82, 2.24) is 5.32 Å². The van der Waals surface area contributed by atoms with Gasteiger partial charge >= 0.3 is 22.4 Å². The summed E-state index contributed by atoms with van der Waals surface area (Å²) in [6.45, 7) is 7.85. The molecule has 0 fully saturated rings. The Morgan fingerprint density at radius 1 is 1.15 bits per heavy atom. The van der Waals surface area contributed by atoms with Gasteiger partial charge in [-0.3, -0.25) is 9.59 Å². The Bertz CT molecular complexity index is 646. The Morgan fingerprint density at radius 3 is 2.30 bits per heavy atom. The molecule has 0 aromatic heterocycles. The van der Waals surface area contributed by atoms with Crippen LogP contribution in [-0.2, 0) is 54.1 Å². The van der Waals surface area contributed by atoms with Gasteiger partial charge in [-0.25, -0.2) is 0 Å². The zero-order valence-corrected chi connectivity index (χ0v) is 19.2. The van der Waals surface area contributed by atoms with Crippen molar-refractivity contribution >= 4 is 30.1 Å². The van der Waals surface area contributed by atoms with Crippen LogP contribution in [0.2, 0.25) is 0 Å². The molecule has 0 saturated heterocycles. The van der Waals surface area contributed by atoms with Crippen LogP contribution < -0.4 is 10.6 Å². The van der Waals surface area contributed by atoms with Crippen LogP contribution in [0.1, 0.15) is 34.1 Å². The van der Waals surface area contributed by atoms with Crippen molar-refractivity contribution in [3.8, 4) is 0 Å². The Labute approximate surface area is 182 Å². The first kappa shape index (κ1) is 25.8. The van der Waals surface area contributed by atoms with E-state index in [-0.39, 0.29) is 46.0 Å². The van der Waals surface area contributed by atoms with Gasteiger partial charge in [-0.05, 0) is 31.4 Å². The molecule has 6 nitrogen and oxygen atoms in total. The quantitative estimate of drug-likeness (QED) is 0.205. The minimum atomic E-state index is -0.699. The molecule has 0 radical (unpaired) electrons. The molecular weight excluding hydrogens is 549 g/mol.